The molecule has 33 heavy (non-hydrogen) atoms. The molecule has 3 rings (SSSR count). The minimum Gasteiger partial charge on any atom is -0.380 e. The molecule has 0 bridgehead atoms. The lowest BCUT2D eigenvalue weighted by molar-refractivity contribution is -0.129. The molecule has 1 saturated heterocycles. The second-order valence-electron chi connectivity index (χ2n) is 9.26. The fourth-order valence-electron chi connectivity index (χ4n) is 3.74. The summed E-state index contributed by atoms with van der Waals surface area (Å²) in [5.74, 6) is -1.99. The van der Waals surface area contributed by atoms with Gasteiger partial charge < -0.3 is 20.7 Å². The first-order valence-electron chi connectivity index (χ1n) is 10.8. The summed E-state index contributed by atoms with van der Waals surface area (Å²) in [6, 6.07) is 10.8. The van der Waals surface area contributed by atoms with Crippen LogP contribution < -0.4 is 21.1 Å². The van der Waals surface area contributed by atoms with Gasteiger partial charge in [0, 0.05) is 25.8 Å². The average Bonchev–Trinajstić information content (AvgIpc) is 3.18. The molecule has 0 saturated carbocycles. The number of anilines is 1. The molecule has 1 aliphatic heterocycles. The number of benzene rings is 2. The highest BCUT2D eigenvalue weighted by Crippen LogP contribution is 2.20. The number of halogens is 1. The van der Waals surface area contributed by atoms with Gasteiger partial charge in [0.1, 0.15) is 11.9 Å². The van der Waals surface area contributed by atoms with Crippen molar-refractivity contribution >= 4 is 36.7 Å². The fraction of sp³-hybridized carbons (Fsp3) is 0.375. The molecule has 0 radical (unpaired) electrons. The van der Waals surface area contributed by atoms with Crippen LogP contribution in [0.3, 0.4) is 0 Å². The largest absolute Gasteiger partial charge is 0.380 e. The van der Waals surface area contributed by atoms with E-state index in [1.807, 2.05) is 31.8 Å². The number of carbonyl (C=O) groups excluding carboxylic acids is 3. The molecule has 1 heterocycles. The highest BCUT2D eigenvalue weighted by molar-refractivity contribution is 6.88. The number of rotatable bonds is 8. The van der Waals surface area contributed by atoms with E-state index in [0.717, 1.165) is 5.56 Å². The van der Waals surface area contributed by atoms with Crippen LogP contribution in [0.1, 0.15) is 23.6 Å². The summed E-state index contributed by atoms with van der Waals surface area (Å²) in [6.45, 7) is 6.79. The summed E-state index contributed by atoms with van der Waals surface area (Å²) in [5, 5.41) is 8.78. The molecular formula is C24H30FN3O4Si. The van der Waals surface area contributed by atoms with Crippen molar-refractivity contribution in [2.75, 3.05) is 19.0 Å². The first-order chi connectivity index (χ1) is 15.6. The molecule has 2 aromatic rings. The van der Waals surface area contributed by atoms with E-state index in [4.69, 9.17) is 4.74 Å². The Morgan fingerprint density at radius 3 is 2.42 bits per heavy atom. The molecule has 0 spiro atoms. The van der Waals surface area contributed by atoms with E-state index in [1.54, 1.807) is 31.4 Å². The van der Waals surface area contributed by atoms with Crippen molar-refractivity contribution in [1.29, 1.82) is 0 Å². The van der Waals surface area contributed by atoms with E-state index in [2.05, 4.69) is 16.0 Å². The van der Waals surface area contributed by atoms with Crippen LogP contribution in [0.2, 0.25) is 19.6 Å². The van der Waals surface area contributed by atoms with Gasteiger partial charge in [-0.2, -0.15) is 0 Å². The van der Waals surface area contributed by atoms with Crippen molar-refractivity contribution < 1.29 is 23.5 Å². The SMILES string of the molecule is COCc1ccc([C@H](NC(=O)[C@@H]2CNC(=O)C2)C(=O)Nc2ccc([Si](C)(C)C)c(F)c2)cc1. The predicted octanol–water partition coefficient (Wildman–Crippen LogP) is 2.45. The van der Waals surface area contributed by atoms with Gasteiger partial charge in [-0.3, -0.25) is 14.4 Å². The lowest BCUT2D eigenvalue weighted by atomic mass is 10.0. The third-order valence-corrected chi connectivity index (χ3v) is 7.59. The molecule has 3 amide bonds. The normalized spacial score (nSPS) is 16.8. The lowest BCUT2D eigenvalue weighted by Gasteiger charge is -2.22. The Labute approximate surface area is 194 Å². The zero-order valence-corrected chi connectivity index (χ0v) is 20.3. The van der Waals surface area contributed by atoms with Gasteiger partial charge in [-0.1, -0.05) is 50.0 Å². The summed E-state index contributed by atoms with van der Waals surface area (Å²) in [7, 11) is -0.267. The van der Waals surface area contributed by atoms with Crippen molar-refractivity contribution in [3.05, 3.63) is 59.4 Å². The molecule has 2 aromatic carbocycles. The summed E-state index contributed by atoms with van der Waals surface area (Å²) in [5.41, 5.74) is 1.80. The quantitative estimate of drug-likeness (QED) is 0.516. The minimum atomic E-state index is -1.86. The molecule has 2 atom stereocenters. The molecular weight excluding hydrogens is 441 g/mol. The van der Waals surface area contributed by atoms with Gasteiger partial charge >= 0.3 is 0 Å². The third kappa shape index (κ3) is 6.26. The van der Waals surface area contributed by atoms with Crippen LogP contribution in [0.25, 0.3) is 0 Å². The lowest BCUT2D eigenvalue weighted by Crippen LogP contribution is -2.41. The Morgan fingerprint density at radius 1 is 1.18 bits per heavy atom. The Hall–Kier alpha value is -3.04. The third-order valence-electron chi connectivity index (χ3n) is 5.57. The Bertz CT molecular complexity index is 1040. The second-order valence-corrected chi connectivity index (χ2v) is 14.3. The van der Waals surface area contributed by atoms with Crippen LogP contribution >= 0.6 is 0 Å². The molecule has 1 fully saturated rings. The first kappa shape index (κ1) is 24.6. The van der Waals surface area contributed by atoms with Gasteiger partial charge in [0.15, 0.2) is 0 Å². The van der Waals surface area contributed by atoms with Crippen molar-refractivity contribution in [2.45, 2.75) is 38.7 Å². The van der Waals surface area contributed by atoms with Crippen LogP contribution in [-0.4, -0.2) is 39.4 Å². The molecule has 9 heteroatoms. The maximum Gasteiger partial charge on any atom is 0.251 e. The number of carbonyl (C=O) groups is 3. The number of hydrogen-bond acceptors (Lipinski definition) is 4. The molecule has 0 unspecified atom stereocenters. The Kier molecular flexibility index (Phi) is 7.65. The van der Waals surface area contributed by atoms with Crippen molar-refractivity contribution in [3.63, 3.8) is 0 Å². The predicted molar refractivity (Wildman–Crippen MR) is 127 cm³/mol. The molecule has 1 aliphatic rings. The van der Waals surface area contributed by atoms with Crippen LogP contribution in [0.4, 0.5) is 10.1 Å². The summed E-state index contributed by atoms with van der Waals surface area (Å²) >= 11 is 0. The van der Waals surface area contributed by atoms with Gasteiger partial charge in [-0.25, -0.2) is 4.39 Å². The van der Waals surface area contributed by atoms with Gasteiger partial charge in [-0.05, 0) is 28.4 Å². The van der Waals surface area contributed by atoms with Gasteiger partial charge in [0.2, 0.25) is 11.8 Å². The standard InChI is InChI=1S/C24H30FN3O4Si/c1-32-14-15-5-7-16(8-6-15)22(28-23(30)17-11-21(29)26-13-17)24(31)27-18-9-10-20(19(25)12-18)33(2,3)4/h5-10,12,17,22H,11,13-14H2,1-4H3,(H,26,29)(H,27,31)(H,28,30)/t17-,22-/m0/s1. The van der Waals surface area contributed by atoms with Gasteiger partial charge in [0.05, 0.1) is 20.6 Å². The maximum atomic E-state index is 14.7. The Morgan fingerprint density at radius 2 is 1.88 bits per heavy atom. The van der Waals surface area contributed by atoms with E-state index in [0.29, 0.717) is 23.0 Å². The highest BCUT2D eigenvalue weighted by Gasteiger charge is 2.32. The second kappa shape index (κ2) is 10.3. The van der Waals surface area contributed by atoms with E-state index in [-0.39, 0.29) is 24.7 Å². The van der Waals surface area contributed by atoms with E-state index < -0.39 is 31.8 Å². The van der Waals surface area contributed by atoms with Crippen molar-refractivity contribution in [1.82, 2.24) is 10.6 Å². The van der Waals surface area contributed by atoms with E-state index >= 15 is 0 Å². The van der Waals surface area contributed by atoms with Gasteiger partial charge in [-0.15, -0.1) is 0 Å². The maximum absolute atomic E-state index is 14.7. The van der Waals surface area contributed by atoms with Crippen LogP contribution in [0.15, 0.2) is 42.5 Å². The van der Waals surface area contributed by atoms with Crippen LogP contribution in [0, 0.1) is 11.7 Å². The zero-order chi connectivity index (χ0) is 24.2. The smallest absolute Gasteiger partial charge is 0.251 e. The average molecular weight is 472 g/mol. The van der Waals surface area contributed by atoms with E-state index in [9.17, 15) is 18.8 Å². The number of methoxy groups -OCH3 is 1. The molecule has 0 aliphatic carbocycles. The van der Waals surface area contributed by atoms with Crippen LogP contribution in [0.5, 0.6) is 0 Å². The van der Waals surface area contributed by atoms with E-state index in [1.165, 1.54) is 6.07 Å². The fourth-order valence-corrected chi connectivity index (χ4v) is 5.11. The summed E-state index contributed by atoms with van der Waals surface area (Å²) in [4.78, 5) is 37.4. The number of ether oxygens (including phenoxy) is 1. The molecule has 3 N–H and O–H groups in total. The first-order valence-corrected chi connectivity index (χ1v) is 14.3. The minimum absolute atomic E-state index is 0.0797. The molecule has 7 nitrogen and oxygen atoms in total. The molecule has 176 valence electrons. The Balaban J connectivity index is 1.83. The number of hydrogen-bond donors (Lipinski definition) is 3. The van der Waals surface area contributed by atoms with Crippen molar-refractivity contribution in [3.8, 4) is 0 Å². The summed E-state index contributed by atoms with van der Waals surface area (Å²) in [6.07, 6.45) is 0.0797. The topological polar surface area (TPSA) is 96.5 Å². The highest BCUT2D eigenvalue weighted by atomic mass is 28.3. The number of nitrogens with one attached hydrogen (secondary N) is 3. The number of amides is 3. The summed E-state index contributed by atoms with van der Waals surface area (Å²) < 4.78 is 19.8. The molecule has 0 aromatic heterocycles. The van der Waals surface area contributed by atoms with Crippen molar-refractivity contribution in [2.24, 2.45) is 5.92 Å². The van der Waals surface area contributed by atoms with Crippen LogP contribution in [-0.2, 0) is 25.7 Å². The zero-order valence-electron chi connectivity index (χ0n) is 19.3. The monoisotopic (exact) mass is 471 g/mol. The van der Waals surface area contributed by atoms with Gasteiger partial charge in [0.25, 0.3) is 5.91 Å².